The van der Waals surface area contributed by atoms with Crippen LogP contribution in [0.1, 0.15) is 39.0 Å². The van der Waals surface area contributed by atoms with Gasteiger partial charge in [-0.25, -0.2) is 0 Å². The van der Waals surface area contributed by atoms with Gasteiger partial charge in [0.15, 0.2) is 0 Å². The monoisotopic (exact) mass is 318 g/mol. The summed E-state index contributed by atoms with van der Waals surface area (Å²) in [6, 6.07) is 7.34. The van der Waals surface area contributed by atoms with Crippen LogP contribution in [-0.4, -0.2) is 37.3 Å². The Bertz CT molecular complexity index is 512. The lowest BCUT2D eigenvalue weighted by Crippen LogP contribution is -2.53. The van der Waals surface area contributed by atoms with Gasteiger partial charge in [-0.2, -0.15) is 0 Å². The molecule has 126 valence electrons. The summed E-state index contributed by atoms with van der Waals surface area (Å²) >= 11 is 0. The second kappa shape index (κ2) is 7.79. The first-order chi connectivity index (χ1) is 11.2. The average Bonchev–Trinajstić information content (AvgIpc) is 2.58. The van der Waals surface area contributed by atoms with E-state index in [9.17, 15) is 4.79 Å². The van der Waals surface area contributed by atoms with Crippen molar-refractivity contribution in [2.24, 2.45) is 0 Å². The molecule has 2 aliphatic rings. The quantitative estimate of drug-likeness (QED) is 0.896. The first kappa shape index (κ1) is 16.3. The van der Waals surface area contributed by atoms with E-state index < -0.39 is 0 Å². The van der Waals surface area contributed by atoms with Crippen LogP contribution in [0.25, 0.3) is 0 Å². The van der Waals surface area contributed by atoms with Gasteiger partial charge in [0.1, 0.15) is 11.8 Å². The number of amides is 1. The predicted octanol–water partition coefficient (Wildman–Crippen LogP) is 2.71. The summed E-state index contributed by atoms with van der Waals surface area (Å²) in [6.45, 7) is 3.27. The van der Waals surface area contributed by atoms with Crippen molar-refractivity contribution in [1.82, 2.24) is 5.32 Å². The van der Waals surface area contributed by atoms with E-state index in [0.717, 1.165) is 24.3 Å². The van der Waals surface area contributed by atoms with Gasteiger partial charge >= 0.3 is 0 Å². The van der Waals surface area contributed by atoms with E-state index in [-0.39, 0.29) is 18.1 Å². The number of carbonyl (C=O) groups is 1. The minimum atomic E-state index is -0.304. The maximum absolute atomic E-state index is 12.3. The van der Waals surface area contributed by atoms with Gasteiger partial charge in [-0.15, -0.1) is 0 Å². The Labute approximate surface area is 137 Å². The summed E-state index contributed by atoms with van der Waals surface area (Å²) in [7, 11) is 0. The number of nitrogens with one attached hydrogen (secondary N) is 2. The highest BCUT2D eigenvalue weighted by molar-refractivity contribution is 5.95. The molecule has 1 heterocycles. The van der Waals surface area contributed by atoms with Crippen LogP contribution in [0.5, 0.6) is 5.75 Å². The van der Waals surface area contributed by atoms with Crippen LogP contribution in [0.2, 0.25) is 0 Å². The Morgan fingerprint density at radius 2 is 1.96 bits per heavy atom. The summed E-state index contributed by atoms with van der Waals surface area (Å²) < 4.78 is 11.5. The minimum absolute atomic E-state index is 0.0573. The highest BCUT2D eigenvalue weighted by Gasteiger charge is 2.28. The van der Waals surface area contributed by atoms with Crippen molar-refractivity contribution >= 4 is 11.6 Å². The molecule has 23 heavy (non-hydrogen) atoms. The van der Waals surface area contributed by atoms with Crippen LogP contribution in [0.3, 0.4) is 0 Å². The Kier molecular flexibility index (Phi) is 5.51. The number of anilines is 1. The summed E-state index contributed by atoms with van der Waals surface area (Å²) in [5.74, 6) is 0.820. The highest BCUT2D eigenvalue weighted by Crippen LogP contribution is 2.24. The molecule has 2 atom stereocenters. The molecule has 1 saturated carbocycles. The maximum atomic E-state index is 12.3. The summed E-state index contributed by atoms with van der Waals surface area (Å²) in [6.07, 6.45) is 6.35. The van der Waals surface area contributed by atoms with Crippen molar-refractivity contribution in [3.05, 3.63) is 24.3 Å². The molecule has 2 N–H and O–H groups in total. The lowest BCUT2D eigenvalue weighted by molar-refractivity contribution is -0.123. The largest absolute Gasteiger partial charge is 0.490 e. The molecular weight excluding hydrogens is 292 g/mol. The molecule has 0 radical (unpaired) electrons. The third-order valence-corrected chi connectivity index (χ3v) is 4.58. The molecule has 0 aromatic heterocycles. The number of morpholine rings is 1. The molecule has 5 nitrogen and oxygen atoms in total. The van der Waals surface area contributed by atoms with E-state index in [2.05, 4.69) is 10.6 Å². The molecule has 5 heteroatoms. The second-order valence-electron chi connectivity index (χ2n) is 6.40. The number of ether oxygens (including phenoxy) is 2. The van der Waals surface area contributed by atoms with E-state index in [1.165, 1.54) is 19.3 Å². The van der Waals surface area contributed by atoms with E-state index in [1.807, 2.05) is 31.2 Å². The van der Waals surface area contributed by atoms with Gasteiger partial charge < -0.3 is 20.1 Å². The molecule has 1 aliphatic carbocycles. The zero-order valence-corrected chi connectivity index (χ0v) is 13.7. The number of hydrogen-bond donors (Lipinski definition) is 2. The molecular formula is C18H26N2O3. The molecule has 1 aromatic carbocycles. The topological polar surface area (TPSA) is 59.6 Å². The fourth-order valence-corrected chi connectivity index (χ4v) is 3.24. The predicted molar refractivity (Wildman–Crippen MR) is 89.8 cm³/mol. The Balaban J connectivity index is 1.53. The van der Waals surface area contributed by atoms with Crippen LogP contribution in [0, 0.1) is 0 Å². The van der Waals surface area contributed by atoms with Crippen molar-refractivity contribution < 1.29 is 14.3 Å². The van der Waals surface area contributed by atoms with Gasteiger partial charge in [-0.05, 0) is 56.9 Å². The smallest absolute Gasteiger partial charge is 0.244 e. The summed E-state index contributed by atoms with van der Waals surface area (Å²) in [5, 5.41) is 6.13. The molecule has 1 aliphatic heterocycles. The fourth-order valence-electron chi connectivity index (χ4n) is 3.24. The van der Waals surface area contributed by atoms with Crippen LogP contribution >= 0.6 is 0 Å². The normalized spacial score (nSPS) is 25.8. The number of hydrogen-bond acceptors (Lipinski definition) is 4. The van der Waals surface area contributed by atoms with Crippen molar-refractivity contribution in [3.8, 4) is 5.75 Å². The number of rotatable bonds is 4. The van der Waals surface area contributed by atoms with Gasteiger partial charge in [-0.1, -0.05) is 6.42 Å². The van der Waals surface area contributed by atoms with E-state index in [4.69, 9.17) is 9.47 Å². The van der Waals surface area contributed by atoms with Crippen LogP contribution in [-0.2, 0) is 9.53 Å². The van der Waals surface area contributed by atoms with Crippen molar-refractivity contribution in [1.29, 1.82) is 0 Å². The van der Waals surface area contributed by atoms with Crippen molar-refractivity contribution in [3.63, 3.8) is 0 Å². The molecule has 0 bridgehead atoms. The van der Waals surface area contributed by atoms with E-state index >= 15 is 0 Å². The number of benzene rings is 1. The maximum Gasteiger partial charge on any atom is 0.244 e. The molecule has 1 aromatic rings. The average molecular weight is 318 g/mol. The summed E-state index contributed by atoms with van der Waals surface area (Å²) in [4.78, 5) is 12.3. The second-order valence-corrected chi connectivity index (χ2v) is 6.40. The highest BCUT2D eigenvalue weighted by atomic mass is 16.5. The van der Waals surface area contributed by atoms with Gasteiger partial charge in [0, 0.05) is 12.2 Å². The first-order valence-corrected chi connectivity index (χ1v) is 8.65. The molecule has 0 unspecified atom stereocenters. The minimum Gasteiger partial charge on any atom is -0.490 e. The van der Waals surface area contributed by atoms with Crippen molar-refractivity contribution in [2.75, 3.05) is 18.5 Å². The molecule has 1 saturated heterocycles. The molecule has 3 rings (SSSR count). The lowest BCUT2D eigenvalue weighted by atomic mass is 9.98. The molecule has 0 spiro atoms. The first-order valence-electron chi connectivity index (χ1n) is 8.65. The van der Waals surface area contributed by atoms with E-state index in [1.54, 1.807) is 0 Å². The number of carbonyl (C=O) groups excluding carboxylic acids is 1. The fraction of sp³-hybridized carbons (Fsp3) is 0.611. The SMILES string of the molecule is C[C@H]1OCCN[C@@H]1C(=O)Nc1ccc(OC2CCCCC2)cc1. The van der Waals surface area contributed by atoms with Crippen molar-refractivity contribution in [2.45, 2.75) is 57.3 Å². The third-order valence-electron chi connectivity index (χ3n) is 4.58. The zero-order chi connectivity index (χ0) is 16.1. The standard InChI is InChI=1S/C18H26N2O3/c1-13-17(19-11-12-22-13)18(21)20-14-7-9-16(10-8-14)23-15-5-3-2-4-6-15/h7-10,13,15,17,19H,2-6,11-12H2,1H3,(H,20,21)/t13-,17+/m1/s1. The Hall–Kier alpha value is -1.59. The molecule has 2 fully saturated rings. The Morgan fingerprint density at radius 1 is 1.22 bits per heavy atom. The molecule has 1 amide bonds. The summed E-state index contributed by atoms with van der Waals surface area (Å²) in [5.41, 5.74) is 0.783. The zero-order valence-electron chi connectivity index (χ0n) is 13.7. The van der Waals surface area contributed by atoms with Gasteiger partial charge in [-0.3, -0.25) is 4.79 Å². The van der Waals surface area contributed by atoms with Gasteiger partial charge in [0.25, 0.3) is 0 Å². The van der Waals surface area contributed by atoms with E-state index in [0.29, 0.717) is 19.3 Å². The van der Waals surface area contributed by atoms with Crippen LogP contribution in [0.4, 0.5) is 5.69 Å². The van der Waals surface area contributed by atoms with Gasteiger partial charge in [0.05, 0.1) is 18.8 Å². The third kappa shape index (κ3) is 4.45. The van der Waals surface area contributed by atoms with Gasteiger partial charge in [0.2, 0.25) is 5.91 Å². The lowest BCUT2D eigenvalue weighted by Gasteiger charge is -2.29. The van der Waals surface area contributed by atoms with Crippen LogP contribution < -0.4 is 15.4 Å². The Morgan fingerprint density at radius 3 is 2.65 bits per heavy atom. The van der Waals surface area contributed by atoms with Crippen LogP contribution in [0.15, 0.2) is 24.3 Å².